The Hall–Kier alpha value is -1.06. The zero-order valence-corrected chi connectivity index (χ0v) is 11.5. The van der Waals surface area contributed by atoms with E-state index < -0.39 is 5.60 Å². The van der Waals surface area contributed by atoms with Gasteiger partial charge in [0.25, 0.3) is 0 Å². The van der Waals surface area contributed by atoms with Crippen molar-refractivity contribution < 1.29 is 9.84 Å². The maximum Gasteiger partial charge on any atom is 0.122 e. The molecule has 2 N–H and O–H groups in total. The number of fused-ring (bicyclic) bond motifs is 1. The lowest BCUT2D eigenvalue weighted by atomic mass is 9.88. The predicted molar refractivity (Wildman–Crippen MR) is 75.6 cm³/mol. The van der Waals surface area contributed by atoms with Gasteiger partial charge in [-0.15, -0.1) is 0 Å². The van der Waals surface area contributed by atoms with Crippen molar-refractivity contribution in [1.82, 2.24) is 5.32 Å². The van der Waals surface area contributed by atoms with Gasteiger partial charge in [0, 0.05) is 6.42 Å². The van der Waals surface area contributed by atoms with E-state index in [-0.39, 0.29) is 0 Å². The van der Waals surface area contributed by atoms with Crippen LogP contribution in [0.2, 0.25) is 0 Å². The van der Waals surface area contributed by atoms with Gasteiger partial charge < -0.3 is 15.2 Å². The van der Waals surface area contributed by atoms with Gasteiger partial charge in [0.05, 0.1) is 12.2 Å². The Morgan fingerprint density at radius 1 is 1.26 bits per heavy atom. The molecule has 3 rings (SSSR count). The summed E-state index contributed by atoms with van der Waals surface area (Å²) in [6.07, 6.45) is 5.74. The SMILES string of the molecule is OC1(CCc2ccc3c(c2)CCO3)CCCNCC1. The van der Waals surface area contributed by atoms with Gasteiger partial charge in [-0.1, -0.05) is 12.1 Å². The van der Waals surface area contributed by atoms with Crippen molar-refractivity contribution in [2.24, 2.45) is 0 Å². The standard InChI is InChI=1S/C16H23NO2/c18-16(6-1-9-17-10-8-16)7-4-13-2-3-15-14(12-13)5-11-19-15/h2-3,12,17-18H,1,4-11H2. The van der Waals surface area contributed by atoms with Crippen LogP contribution in [0.15, 0.2) is 18.2 Å². The van der Waals surface area contributed by atoms with Crippen molar-refractivity contribution in [2.75, 3.05) is 19.7 Å². The fourth-order valence-electron chi connectivity index (χ4n) is 3.14. The number of nitrogens with one attached hydrogen (secondary N) is 1. The van der Waals surface area contributed by atoms with Crippen LogP contribution in [-0.4, -0.2) is 30.4 Å². The molecule has 2 aliphatic rings. The molecule has 0 saturated carbocycles. The van der Waals surface area contributed by atoms with Crippen LogP contribution in [0.5, 0.6) is 5.75 Å². The number of hydrogen-bond donors (Lipinski definition) is 2. The summed E-state index contributed by atoms with van der Waals surface area (Å²) in [5.74, 6) is 1.04. The molecule has 0 radical (unpaired) electrons. The normalized spacial score (nSPS) is 26.6. The van der Waals surface area contributed by atoms with Crippen LogP contribution in [-0.2, 0) is 12.8 Å². The number of benzene rings is 1. The fourth-order valence-corrected chi connectivity index (χ4v) is 3.14. The molecule has 1 fully saturated rings. The first-order valence-electron chi connectivity index (χ1n) is 7.43. The highest BCUT2D eigenvalue weighted by molar-refractivity contribution is 5.39. The Morgan fingerprint density at radius 3 is 3.16 bits per heavy atom. The first kappa shape index (κ1) is 12.9. The molecule has 1 aromatic rings. The molecular weight excluding hydrogens is 238 g/mol. The molecule has 0 aromatic heterocycles. The minimum atomic E-state index is -0.473. The molecule has 0 amide bonds. The average Bonchev–Trinajstić information content (AvgIpc) is 2.78. The smallest absolute Gasteiger partial charge is 0.122 e. The second-order valence-corrected chi connectivity index (χ2v) is 5.87. The molecule has 1 atom stereocenters. The predicted octanol–water partition coefficient (Wildman–Crippen LogP) is 2.06. The third-order valence-electron chi connectivity index (χ3n) is 4.40. The van der Waals surface area contributed by atoms with Crippen molar-refractivity contribution in [3.8, 4) is 5.75 Å². The molecule has 1 aromatic carbocycles. The van der Waals surface area contributed by atoms with Crippen LogP contribution in [0.3, 0.4) is 0 Å². The Kier molecular flexibility index (Phi) is 3.76. The average molecular weight is 261 g/mol. The van der Waals surface area contributed by atoms with E-state index in [0.717, 1.165) is 64.0 Å². The summed E-state index contributed by atoms with van der Waals surface area (Å²) < 4.78 is 5.53. The van der Waals surface area contributed by atoms with E-state index in [4.69, 9.17) is 4.74 Å². The molecular formula is C16H23NO2. The lowest BCUT2D eigenvalue weighted by Gasteiger charge is -2.26. The van der Waals surface area contributed by atoms with Gasteiger partial charge in [-0.3, -0.25) is 0 Å². The van der Waals surface area contributed by atoms with Gasteiger partial charge >= 0.3 is 0 Å². The zero-order valence-electron chi connectivity index (χ0n) is 11.5. The van der Waals surface area contributed by atoms with E-state index in [1.54, 1.807) is 0 Å². The quantitative estimate of drug-likeness (QED) is 0.875. The summed E-state index contributed by atoms with van der Waals surface area (Å²) >= 11 is 0. The van der Waals surface area contributed by atoms with Crippen LogP contribution in [0.4, 0.5) is 0 Å². The highest BCUT2D eigenvalue weighted by Gasteiger charge is 2.27. The Bertz CT molecular complexity index is 436. The van der Waals surface area contributed by atoms with Crippen molar-refractivity contribution in [3.63, 3.8) is 0 Å². The van der Waals surface area contributed by atoms with Crippen molar-refractivity contribution in [3.05, 3.63) is 29.3 Å². The van der Waals surface area contributed by atoms with Gasteiger partial charge in [0.1, 0.15) is 5.75 Å². The lowest BCUT2D eigenvalue weighted by molar-refractivity contribution is 0.0199. The van der Waals surface area contributed by atoms with Crippen LogP contribution in [0.25, 0.3) is 0 Å². The molecule has 0 spiro atoms. The molecule has 0 bridgehead atoms. The summed E-state index contributed by atoms with van der Waals surface area (Å²) in [5, 5.41) is 14.0. The second kappa shape index (κ2) is 5.51. The lowest BCUT2D eigenvalue weighted by Crippen LogP contribution is -2.30. The number of aliphatic hydroxyl groups is 1. The summed E-state index contributed by atoms with van der Waals surface area (Å²) in [6.45, 7) is 2.79. The molecule has 104 valence electrons. The molecule has 1 saturated heterocycles. The molecule has 19 heavy (non-hydrogen) atoms. The van der Waals surface area contributed by atoms with Crippen LogP contribution in [0, 0.1) is 0 Å². The largest absolute Gasteiger partial charge is 0.493 e. The third-order valence-corrected chi connectivity index (χ3v) is 4.40. The van der Waals surface area contributed by atoms with E-state index in [0.29, 0.717) is 0 Å². The van der Waals surface area contributed by atoms with Crippen molar-refractivity contribution >= 4 is 0 Å². The highest BCUT2D eigenvalue weighted by Crippen LogP contribution is 2.29. The number of hydrogen-bond acceptors (Lipinski definition) is 3. The second-order valence-electron chi connectivity index (χ2n) is 5.87. The third kappa shape index (κ3) is 3.10. The first-order valence-corrected chi connectivity index (χ1v) is 7.43. The maximum absolute atomic E-state index is 10.6. The number of ether oxygens (including phenoxy) is 1. The molecule has 1 unspecified atom stereocenters. The van der Waals surface area contributed by atoms with E-state index in [1.807, 2.05) is 0 Å². The van der Waals surface area contributed by atoms with E-state index in [9.17, 15) is 5.11 Å². The summed E-state index contributed by atoms with van der Waals surface area (Å²) in [6, 6.07) is 6.47. The molecule has 0 aliphatic carbocycles. The summed E-state index contributed by atoms with van der Waals surface area (Å²) in [5.41, 5.74) is 2.18. The van der Waals surface area contributed by atoms with Gasteiger partial charge in [-0.25, -0.2) is 0 Å². The molecule has 3 heteroatoms. The van der Waals surface area contributed by atoms with E-state index in [1.165, 1.54) is 11.1 Å². The highest BCUT2D eigenvalue weighted by atomic mass is 16.5. The summed E-state index contributed by atoms with van der Waals surface area (Å²) in [7, 11) is 0. The Balaban J connectivity index is 1.62. The van der Waals surface area contributed by atoms with Crippen molar-refractivity contribution in [2.45, 2.75) is 44.1 Å². The van der Waals surface area contributed by atoms with Gasteiger partial charge in [-0.2, -0.15) is 0 Å². The van der Waals surface area contributed by atoms with E-state index >= 15 is 0 Å². The summed E-state index contributed by atoms with van der Waals surface area (Å²) in [4.78, 5) is 0. The zero-order chi connectivity index (χ0) is 13.1. The minimum absolute atomic E-state index is 0.473. The number of rotatable bonds is 3. The van der Waals surface area contributed by atoms with Crippen LogP contribution >= 0.6 is 0 Å². The Labute approximate surface area is 115 Å². The maximum atomic E-state index is 10.6. The molecule has 3 nitrogen and oxygen atoms in total. The molecule has 2 aliphatic heterocycles. The van der Waals surface area contributed by atoms with Gasteiger partial charge in [0.15, 0.2) is 0 Å². The number of aryl methyl sites for hydroxylation is 1. The fraction of sp³-hybridized carbons (Fsp3) is 0.625. The van der Waals surface area contributed by atoms with E-state index in [2.05, 4.69) is 23.5 Å². The topological polar surface area (TPSA) is 41.5 Å². The van der Waals surface area contributed by atoms with Crippen molar-refractivity contribution in [1.29, 1.82) is 0 Å². The van der Waals surface area contributed by atoms with Gasteiger partial charge in [-0.05, 0) is 62.4 Å². The minimum Gasteiger partial charge on any atom is -0.493 e. The van der Waals surface area contributed by atoms with Gasteiger partial charge in [0.2, 0.25) is 0 Å². The van der Waals surface area contributed by atoms with Crippen LogP contribution in [0.1, 0.15) is 36.8 Å². The van der Waals surface area contributed by atoms with Crippen LogP contribution < -0.4 is 10.1 Å². The first-order chi connectivity index (χ1) is 9.25. The monoisotopic (exact) mass is 261 g/mol. The Morgan fingerprint density at radius 2 is 2.21 bits per heavy atom. The molecule has 2 heterocycles.